The van der Waals surface area contributed by atoms with Gasteiger partial charge in [-0.3, -0.25) is 9.79 Å². The number of quaternary nitrogens is 1. The molecular formula is C19H17ClN5O2+. The number of nitrogens with two attached hydrogens (primary N) is 1. The van der Waals surface area contributed by atoms with Gasteiger partial charge in [-0.2, -0.15) is 10.8 Å². The summed E-state index contributed by atoms with van der Waals surface area (Å²) in [5.41, 5.74) is 2.75. The molecule has 0 amide bonds. The predicted octanol–water partition coefficient (Wildman–Crippen LogP) is 2.17. The molecule has 0 saturated heterocycles. The number of hydrogen-bond donors (Lipinski definition) is 3. The number of amidine groups is 1. The highest BCUT2D eigenvalue weighted by molar-refractivity contribution is 6.34. The number of benzene rings is 1. The zero-order valence-corrected chi connectivity index (χ0v) is 15.0. The molecular weight excluding hydrogens is 366 g/mol. The van der Waals surface area contributed by atoms with E-state index >= 15 is 0 Å². The number of allylic oxidation sites excluding steroid dienone is 2. The maximum Gasteiger partial charge on any atom is 0.266 e. The molecule has 2 aromatic rings. The number of aromatic amines is 1. The molecule has 3 heterocycles. The third kappa shape index (κ3) is 2.44. The highest BCUT2D eigenvalue weighted by Gasteiger charge is 2.48. The molecule has 1 atom stereocenters. The van der Waals surface area contributed by atoms with Gasteiger partial charge in [0.2, 0.25) is 11.3 Å². The first kappa shape index (κ1) is 16.6. The van der Waals surface area contributed by atoms with E-state index in [0.717, 1.165) is 16.8 Å². The fraction of sp³-hybridized carbons (Fsp3) is 0.211. The van der Waals surface area contributed by atoms with E-state index < -0.39 is 0 Å². The number of aliphatic imine (C=N–C) groups is 2. The van der Waals surface area contributed by atoms with E-state index in [4.69, 9.17) is 22.4 Å². The number of aliphatic hydroxyl groups excluding tert-OH is 1. The van der Waals surface area contributed by atoms with Gasteiger partial charge in [-0.25, -0.2) is 0 Å². The average molecular weight is 383 g/mol. The van der Waals surface area contributed by atoms with Gasteiger partial charge in [0, 0.05) is 17.5 Å². The second kappa shape index (κ2) is 5.71. The number of H-pyrrole nitrogens is 1. The number of nitrogens with zero attached hydrogens (tertiary/aromatic N) is 3. The van der Waals surface area contributed by atoms with Crippen LogP contribution in [-0.2, 0) is 0 Å². The quantitative estimate of drug-likeness (QED) is 0.547. The molecule has 8 heteroatoms. The van der Waals surface area contributed by atoms with Crippen molar-refractivity contribution in [2.45, 2.75) is 18.9 Å². The summed E-state index contributed by atoms with van der Waals surface area (Å²) in [5, 5.41) is 11.0. The largest absolute Gasteiger partial charge is 0.393 e. The molecule has 4 N–H and O–H groups in total. The first-order valence-electron chi connectivity index (χ1n) is 8.69. The summed E-state index contributed by atoms with van der Waals surface area (Å²) < 4.78 is -0.131. The molecule has 3 aliphatic rings. The molecule has 1 fully saturated rings. The van der Waals surface area contributed by atoms with Crippen LogP contribution >= 0.6 is 11.6 Å². The molecule has 1 aromatic heterocycles. The Morgan fingerprint density at radius 1 is 1.30 bits per heavy atom. The number of nitrogens with one attached hydrogen (secondary N) is 1. The summed E-state index contributed by atoms with van der Waals surface area (Å²) in [6, 6.07) is 6.79. The summed E-state index contributed by atoms with van der Waals surface area (Å²) >= 11 is 6.56. The minimum absolute atomic E-state index is 0.131. The molecule has 1 unspecified atom stereocenters. The molecule has 0 spiro atoms. The van der Waals surface area contributed by atoms with E-state index in [2.05, 4.69) is 9.98 Å². The van der Waals surface area contributed by atoms with Gasteiger partial charge in [-0.15, -0.1) is 4.59 Å². The molecule has 1 saturated carbocycles. The molecule has 136 valence electrons. The first-order valence-corrected chi connectivity index (χ1v) is 9.07. The molecule has 1 aliphatic carbocycles. The maximum atomic E-state index is 11.7. The van der Waals surface area contributed by atoms with Crippen molar-refractivity contribution in [3.8, 4) is 0 Å². The van der Waals surface area contributed by atoms with Gasteiger partial charge in [-0.1, -0.05) is 11.6 Å². The first-order chi connectivity index (χ1) is 13.0. The highest BCUT2D eigenvalue weighted by Crippen LogP contribution is 2.43. The summed E-state index contributed by atoms with van der Waals surface area (Å²) in [6.07, 6.45) is 6.12. The van der Waals surface area contributed by atoms with E-state index in [9.17, 15) is 9.90 Å². The number of rotatable bonds is 2. The van der Waals surface area contributed by atoms with Gasteiger partial charge in [0.05, 0.1) is 29.1 Å². The lowest BCUT2D eigenvalue weighted by molar-refractivity contribution is -0.750. The van der Waals surface area contributed by atoms with Gasteiger partial charge in [0.1, 0.15) is 11.9 Å². The standard InChI is InChI=1S/C19H16ClN5O2/c20-14-7-10-1-2-17(27)23-15(10)8-13(14)19-24-18(11-5-12(26)6-11)16-9-22-3-4-25(16,19)21/h1-4,7-9,11-12,26H,5-6,21H2/p+1. The van der Waals surface area contributed by atoms with Gasteiger partial charge in [0.25, 0.3) is 5.84 Å². The molecule has 5 rings (SSSR count). The lowest BCUT2D eigenvalue weighted by atomic mass is 9.79. The van der Waals surface area contributed by atoms with E-state index in [-0.39, 0.29) is 22.2 Å². The zero-order chi connectivity index (χ0) is 18.8. The third-order valence-electron chi connectivity index (χ3n) is 5.37. The minimum Gasteiger partial charge on any atom is -0.393 e. The second-order valence-corrected chi connectivity index (χ2v) is 7.53. The monoisotopic (exact) mass is 382 g/mol. The van der Waals surface area contributed by atoms with Crippen LogP contribution in [-0.4, -0.2) is 32.8 Å². The summed E-state index contributed by atoms with van der Waals surface area (Å²) in [5.74, 6) is 7.42. The Hall–Kier alpha value is -2.58. The van der Waals surface area contributed by atoms with Crippen molar-refractivity contribution in [3.05, 3.63) is 69.0 Å². The van der Waals surface area contributed by atoms with Gasteiger partial charge >= 0.3 is 0 Å². The lowest BCUT2D eigenvalue weighted by Gasteiger charge is -2.31. The van der Waals surface area contributed by atoms with Crippen LogP contribution in [0.2, 0.25) is 5.02 Å². The fourth-order valence-electron chi connectivity index (χ4n) is 3.84. The van der Waals surface area contributed by atoms with Crippen molar-refractivity contribution >= 4 is 34.6 Å². The molecule has 27 heavy (non-hydrogen) atoms. The van der Waals surface area contributed by atoms with E-state index in [1.54, 1.807) is 36.8 Å². The fourth-order valence-corrected chi connectivity index (χ4v) is 4.10. The average Bonchev–Trinajstić information content (AvgIpc) is 2.91. The van der Waals surface area contributed by atoms with Gasteiger partial charge in [-0.05, 0) is 36.4 Å². The molecule has 7 nitrogen and oxygen atoms in total. The third-order valence-corrected chi connectivity index (χ3v) is 5.69. The number of fused-ring (bicyclic) bond motifs is 2. The van der Waals surface area contributed by atoms with Crippen LogP contribution in [0.4, 0.5) is 0 Å². The van der Waals surface area contributed by atoms with Crippen molar-refractivity contribution < 1.29 is 9.70 Å². The Morgan fingerprint density at radius 2 is 2.11 bits per heavy atom. The van der Waals surface area contributed by atoms with Crippen molar-refractivity contribution in [2.24, 2.45) is 21.7 Å². The second-order valence-electron chi connectivity index (χ2n) is 7.12. The van der Waals surface area contributed by atoms with Crippen LogP contribution in [0.15, 0.2) is 62.8 Å². The van der Waals surface area contributed by atoms with Crippen LogP contribution in [0.3, 0.4) is 0 Å². The smallest absolute Gasteiger partial charge is 0.266 e. The summed E-state index contributed by atoms with van der Waals surface area (Å²) in [7, 11) is 0. The van der Waals surface area contributed by atoms with Gasteiger partial charge in [0.15, 0.2) is 0 Å². The van der Waals surface area contributed by atoms with Gasteiger partial charge < -0.3 is 10.1 Å². The Morgan fingerprint density at radius 3 is 2.89 bits per heavy atom. The number of halogens is 1. The Kier molecular flexibility index (Phi) is 3.50. The SMILES string of the molecule is N[N+]12C=CN=CC1=C(C1CC(O)C1)N=C2c1cc2[nH]c(=O)ccc2cc1Cl. The molecule has 0 radical (unpaired) electrons. The minimum atomic E-state index is -0.299. The molecule has 0 bridgehead atoms. The predicted molar refractivity (Wildman–Crippen MR) is 104 cm³/mol. The topological polar surface area (TPSA) is 104 Å². The van der Waals surface area contributed by atoms with E-state index in [1.807, 2.05) is 0 Å². The van der Waals surface area contributed by atoms with Crippen LogP contribution in [0.25, 0.3) is 10.9 Å². The van der Waals surface area contributed by atoms with Crippen molar-refractivity contribution in [2.75, 3.05) is 0 Å². The Labute approximate surface area is 159 Å². The number of aliphatic hydroxyl groups is 1. The Bertz CT molecular complexity index is 1160. The van der Waals surface area contributed by atoms with Crippen LogP contribution < -0.4 is 11.4 Å². The molecule has 1 aromatic carbocycles. The van der Waals surface area contributed by atoms with Crippen LogP contribution in [0.5, 0.6) is 0 Å². The summed E-state index contributed by atoms with van der Waals surface area (Å²) in [4.78, 5) is 23.6. The lowest BCUT2D eigenvalue weighted by Crippen LogP contribution is -2.53. The van der Waals surface area contributed by atoms with E-state index in [0.29, 0.717) is 34.8 Å². The number of aromatic nitrogens is 1. The highest BCUT2D eigenvalue weighted by atomic mass is 35.5. The van der Waals surface area contributed by atoms with Crippen LogP contribution in [0.1, 0.15) is 18.4 Å². The zero-order valence-electron chi connectivity index (χ0n) is 14.3. The number of pyridine rings is 1. The van der Waals surface area contributed by atoms with Crippen molar-refractivity contribution in [3.63, 3.8) is 0 Å². The summed E-state index contributed by atoms with van der Waals surface area (Å²) in [6.45, 7) is 0. The maximum absolute atomic E-state index is 11.7. The van der Waals surface area contributed by atoms with Crippen LogP contribution in [0, 0.1) is 5.92 Å². The molecule has 2 aliphatic heterocycles. The Balaban J connectivity index is 1.69. The number of hydrogen-bond acceptors (Lipinski definition) is 5. The normalized spacial score (nSPS) is 29.1. The van der Waals surface area contributed by atoms with E-state index in [1.165, 1.54) is 6.07 Å². The van der Waals surface area contributed by atoms with Crippen molar-refractivity contribution in [1.82, 2.24) is 4.98 Å². The van der Waals surface area contributed by atoms with Crippen molar-refractivity contribution in [1.29, 1.82) is 0 Å².